The number of para-hydroxylation sites is 1. The van der Waals surface area contributed by atoms with Crippen LogP contribution in [0.1, 0.15) is 60.4 Å². The van der Waals surface area contributed by atoms with Crippen molar-refractivity contribution in [2.45, 2.75) is 63.9 Å². The smallest absolute Gasteiger partial charge is 0.328 e. The number of amides is 3. The number of aliphatic hydroxyl groups excluding tert-OH is 1. The van der Waals surface area contributed by atoms with Crippen molar-refractivity contribution < 1.29 is 29.4 Å². The topological polar surface area (TPSA) is 152 Å². The third kappa shape index (κ3) is 4.65. The zero-order chi connectivity index (χ0) is 28.0. The number of nitrogens with zero attached hydrogens (tertiary/aromatic N) is 1. The summed E-state index contributed by atoms with van der Waals surface area (Å²) in [5, 5.41) is 25.4. The molecule has 3 amide bonds. The molecule has 5 rings (SSSR count). The number of carboxylic acids is 1. The molecule has 0 fully saturated rings. The minimum atomic E-state index is -1.52. The largest absolute Gasteiger partial charge is 0.480 e. The molecule has 5 N–H and O–H groups in total. The minimum absolute atomic E-state index is 0.00660. The van der Waals surface area contributed by atoms with Crippen molar-refractivity contribution in [1.82, 2.24) is 20.5 Å². The second-order valence-corrected chi connectivity index (χ2v) is 10.7. The summed E-state index contributed by atoms with van der Waals surface area (Å²) >= 11 is 0. The monoisotopic (exact) mass is 532 g/mol. The summed E-state index contributed by atoms with van der Waals surface area (Å²) in [6, 6.07) is 11.1. The van der Waals surface area contributed by atoms with Crippen LogP contribution in [0.3, 0.4) is 0 Å². The number of H-pyrrole nitrogens is 1. The SMILES string of the molecule is CC(C)C[C@H](NC(=O)[C@@H]1Cc2c([nH]c3ccccc23)C2c3ccccc3C(=O)N21)C(=O)N[C@H](C(=O)O)C(C)O. The first-order chi connectivity index (χ1) is 18.6. The molecule has 0 aliphatic carbocycles. The number of nitrogens with one attached hydrogen (secondary N) is 3. The number of carbonyl (C=O) groups excluding carboxylic acids is 3. The van der Waals surface area contributed by atoms with E-state index in [2.05, 4.69) is 15.6 Å². The van der Waals surface area contributed by atoms with Crippen LogP contribution >= 0.6 is 0 Å². The fourth-order valence-corrected chi connectivity index (χ4v) is 5.75. The third-order valence-corrected chi connectivity index (χ3v) is 7.54. The second-order valence-electron chi connectivity index (χ2n) is 10.7. The van der Waals surface area contributed by atoms with E-state index < -0.39 is 48.1 Å². The van der Waals surface area contributed by atoms with Crippen LogP contribution in [0, 0.1) is 5.92 Å². The van der Waals surface area contributed by atoms with Crippen molar-refractivity contribution in [3.63, 3.8) is 0 Å². The van der Waals surface area contributed by atoms with Gasteiger partial charge in [-0.25, -0.2) is 4.79 Å². The number of aromatic amines is 1. The summed E-state index contributed by atoms with van der Waals surface area (Å²) in [5.41, 5.74) is 4.07. The molecule has 2 unspecified atom stereocenters. The van der Waals surface area contributed by atoms with Gasteiger partial charge in [-0.15, -0.1) is 0 Å². The lowest BCUT2D eigenvalue weighted by Gasteiger charge is -2.38. The Balaban J connectivity index is 1.50. The quantitative estimate of drug-likeness (QED) is 0.300. The van der Waals surface area contributed by atoms with E-state index in [0.717, 1.165) is 27.7 Å². The van der Waals surface area contributed by atoms with Crippen LogP contribution in [0.2, 0.25) is 0 Å². The molecule has 39 heavy (non-hydrogen) atoms. The molecule has 0 saturated heterocycles. The van der Waals surface area contributed by atoms with Gasteiger partial charge in [0, 0.05) is 28.6 Å². The van der Waals surface area contributed by atoms with Crippen LogP contribution in [0.4, 0.5) is 0 Å². The van der Waals surface area contributed by atoms with Crippen LogP contribution < -0.4 is 10.6 Å². The lowest BCUT2D eigenvalue weighted by Crippen LogP contribution is -2.59. The summed E-state index contributed by atoms with van der Waals surface area (Å²) in [4.78, 5) is 57.2. The van der Waals surface area contributed by atoms with Crippen LogP contribution in [0.25, 0.3) is 10.9 Å². The van der Waals surface area contributed by atoms with Gasteiger partial charge in [-0.3, -0.25) is 14.4 Å². The zero-order valence-corrected chi connectivity index (χ0v) is 22.0. The van der Waals surface area contributed by atoms with E-state index >= 15 is 0 Å². The Hall–Kier alpha value is -4.18. The zero-order valence-electron chi connectivity index (χ0n) is 22.0. The van der Waals surface area contributed by atoms with Gasteiger partial charge in [-0.1, -0.05) is 50.2 Å². The van der Waals surface area contributed by atoms with Gasteiger partial charge in [0.05, 0.1) is 12.1 Å². The number of rotatable bonds is 8. The van der Waals surface area contributed by atoms with Crippen LogP contribution in [0.15, 0.2) is 48.5 Å². The van der Waals surface area contributed by atoms with Gasteiger partial charge in [0.15, 0.2) is 6.04 Å². The van der Waals surface area contributed by atoms with E-state index in [-0.39, 0.29) is 24.7 Å². The highest BCUT2D eigenvalue weighted by atomic mass is 16.4. The maximum atomic E-state index is 13.9. The first kappa shape index (κ1) is 26.4. The standard InChI is InChI=1S/C29H32N4O6/c1-14(2)12-21(26(35)32-23(15(3)34)29(38)39)31-27(36)22-13-19-16-8-6-7-11-20(16)30-24(19)25-17-9-4-5-10-18(17)28(37)33(22)25/h4-11,14-15,21-23,25,30,34H,12-13H2,1-3H3,(H,31,36)(H,32,35)(H,38,39)/t15?,21-,22-,23-,25?/m0/s1. The first-order valence-corrected chi connectivity index (χ1v) is 13.1. The molecule has 2 aromatic carbocycles. The molecule has 10 nitrogen and oxygen atoms in total. The number of benzene rings is 2. The molecule has 2 aliphatic heterocycles. The van der Waals surface area contributed by atoms with E-state index in [4.69, 9.17) is 0 Å². The van der Waals surface area contributed by atoms with Gasteiger partial charge in [-0.2, -0.15) is 0 Å². The lowest BCUT2D eigenvalue weighted by molar-refractivity contribution is -0.145. The number of fused-ring (bicyclic) bond motifs is 7. The van der Waals surface area contributed by atoms with Gasteiger partial charge >= 0.3 is 5.97 Å². The van der Waals surface area contributed by atoms with Crippen molar-refractivity contribution in [3.8, 4) is 0 Å². The molecule has 0 radical (unpaired) electrons. The molecule has 5 atom stereocenters. The highest BCUT2D eigenvalue weighted by Crippen LogP contribution is 2.46. The van der Waals surface area contributed by atoms with Crippen LogP contribution in [0.5, 0.6) is 0 Å². The van der Waals surface area contributed by atoms with Gasteiger partial charge in [0.25, 0.3) is 5.91 Å². The average molecular weight is 533 g/mol. The molecule has 3 heterocycles. The number of aromatic nitrogens is 1. The lowest BCUT2D eigenvalue weighted by atomic mass is 9.89. The molecule has 3 aromatic rings. The fourth-order valence-electron chi connectivity index (χ4n) is 5.75. The number of hydrogen-bond donors (Lipinski definition) is 5. The Morgan fingerprint density at radius 1 is 1.05 bits per heavy atom. The van der Waals surface area contributed by atoms with E-state index in [1.807, 2.05) is 50.2 Å². The van der Waals surface area contributed by atoms with Crippen molar-refractivity contribution >= 4 is 34.6 Å². The van der Waals surface area contributed by atoms with Crippen molar-refractivity contribution in [3.05, 3.63) is 70.9 Å². The summed E-state index contributed by atoms with van der Waals surface area (Å²) < 4.78 is 0. The maximum Gasteiger partial charge on any atom is 0.328 e. The Morgan fingerprint density at radius 3 is 2.44 bits per heavy atom. The van der Waals surface area contributed by atoms with E-state index in [1.54, 1.807) is 17.0 Å². The Bertz CT molecular complexity index is 1460. The molecule has 1 aromatic heterocycles. The first-order valence-electron chi connectivity index (χ1n) is 13.1. The summed E-state index contributed by atoms with van der Waals surface area (Å²) in [7, 11) is 0. The second kappa shape index (κ2) is 10.2. The molecule has 10 heteroatoms. The van der Waals surface area contributed by atoms with Crippen molar-refractivity contribution in [1.29, 1.82) is 0 Å². The molecule has 0 bridgehead atoms. The van der Waals surface area contributed by atoms with Gasteiger partial charge in [0.2, 0.25) is 11.8 Å². The van der Waals surface area contributed by atoms with Gasteiger partial charge in [0.1, 0.15) is 12.1 Å². The highest BCUT2D eigenvalue weighted by Gasteiger charge is 2.49. The Morgan fingerprint density at radius 2 is 1.74 bits per heavy atom. The number of aliphatic carboxylic acids is 1. The molecular formula is C29H32N4O6. The number of hydrogen-bond acceptors (Lipinski definition) is 5. The molecule has 204 valence electrons. The predicted molar refractivity (Wildman–Crippen MR) is 143 cm³/mol. The molecule has 0 saturated carbocycles. The van der Waals surface area contributed by atoms with Crippen LogP contribution in [-0.2, 0) is 20.8 Å². The fraction of sp³-hybridized carbons (Fsp3) is 0.379. The molecular weight excluding hydrogens is 500 g/mol. The Labute approximate surface area is 225 Å². The Kier molecular flexibility index (Phi) is 6.90. The van der Waals surface area contributed by atoms with Crippen LogP contribution in [-0.4, -0.2) is 68.0 Å². The van der Waals surface area contributed by atoms with E-state index in [9.17, 15) is 29.4 Å². The summed E-state index contributed by atoms with van der Waals surface area (Å²) in [6.45, 7) is 5.03. The van der Waals surface area contributed by atoms with Crippen molar-refractivity contribution in [2.24, 2.45) is 5.92 Å². The van der Waals surface area contributed by atoms with Gasteiger partial charge < -0.3 is 30.7 Å². The number of carboxylic acid groups (broad SMARTS) is 1. The van der Waals surface area contributed by atoms with E-state index in [1.165, 1.54) is 6.92 Å². The summed E-state index contributed by atoms with van der Waals surface area (Å²) in [5.74, 6) is -2.85. The third-order valence-electron chi connectivity index (χ3n) is 7.54. The van der Waals surface area contributed by atoms with E-state index in [0.29, 0.717) is 5.56 Å². The maximum absolute atomic E-state index is 13.9. The number of aliphatic hydroxyl groups is 1. The van der Waals surface area contributed by atoms with Crippen molar-refractivity contribution in [2.75, 3.05) is 0 Å². The number of carbonyl (C=O) groups is 4. The average Bonchev–Trinajstić information content (AvgIpc) is 3.41. The molecule has 2 aliphatic rings. The minimum Gasteiger partial charge on any atom is -0.480 e. The summed E-state index contributed by atoms with van der Waals surface area (Å²) in [6.07, 6.45) is -0.836. The normalized spacial score (nSPS) is 20.1. The predicted octanol–water partition coefficient (Wildman–Crippen LogP) is 2.12. The van der Waals surface area contributed by atoms with Gasteiger partial charge in [-0.05, 0) is 42.5 Å². The highest BCUT2D eigenvalue weighted by molar-refractivity contribution is 6.04. The molecule has 0 spiro atoms.